The van der Waals surface area contributed by atoms with E-state index >= 15 is 0 Å². The molecule has 0 atom stereocenters. The highest BCUT2D eigenvalue weighted by atomic mass is 32.1. The summed E-state index contributed by atoms with van der Waals surface area (Å²) in [7, 11) is 0. The van der Waals surface area contributed by atoms with Crippen LogP contribution < -0.4 is 19.3 Å². The van der Waals surface area contributed by atoms with Crippen molar-refractivity contribution in [1.29, 1.82) is 0 Å². The van der Waals surface area contributed by atoms with Gasteiger partial charge in [-0.25, -0.2) is 0 Å². The SMILES string of the molecule is CCCCCCOc1ccc(N(c2ccc(/C=C/c3ccc(N(c4ccc(OCCCCCC)cc4)c4ccc(-c5ccc(C=O)s5)cc4)cc3)cc2)c2ccc(-c3ccc(C=O)cc3)cc2)cc1. The normalized spacial score (nSPS) is 11.1. The number of aldehydes is 2. The second-order valence-corrected chi connectivity index (χ2v) is 18.3. The van der Waals surface area contributed by atoms with E-state index in [0.717, 1.165) is 122 Å². The monoisotopic (exact) mass is 928 g/mol. The van der Waals surface area contributed by atoms with Crippen molar-refractivity contribution >= 4 is 70.2 Å². The number of hydrogen-bond donors (Lipinski definition) is 0. The Balaban J connectivity index is 1.01. The molecule has 0 saturated carbocycles. The molecule has 0 saturated heterocycles. The molecule has 0 radical (unpaired) electrons. The highest BCUT2D eigenvalue weighted by molar-refractivity contribution is 7.17. The predicted octanol–water partition coefficient (Wildman–Crippen LogP) is 17.7. The summed E-state index contributed by atoms with van der Waals surface area (Å²) >= 11 is 1.50. The van der Waals surface area contributed by atoms with E-state index in [1.807, 2.05) is 36.4 Å². The van der Waals surface area contributed by atoms with Crippen molar-refractivity contribution < 1.29 is 19.1 Å². The molecule has 0 unspecified atom stereocenters. The third-order valence-electron chi connectivity index (χ3n) is 12.2. The van der Waals surface area contributed by atoms with E-state index in [9.17, 15) is 9.59 Å². The third-order valence-corrected chi connectivity index (χ3v) is 13.2. The van der Waals surface area contributed by atoms with E-state index in [4.69, 9.17) is 9.47 Å². The van der Waals surface area contributed by atoms with Crippen LogP contribution in [-0.4, -0.2) is 25.8 Å². The molecule has 348 valence electrons. The van der Waals surface area contributed by atoms with Crippen molar-refractivity contribution in [3.63, 3.8) is 0 Å². The van der Waals surface area contributed by atoms with Crippen LogP contribution in [0.4, 0.5) is 34.1 Å². The Morgan fingerprint density at radius 1 is 0.377 bits per heavy atom. The largest absolute Gasteiger partial charge is 0.494 e. The van der Waals surface area contributed by atoms with Gasteiger partial charge in [0.05, 0.1) is 18.1 Å². The standard InChI is InChI=1S/C62H60N2O4S/c1-3-5-7-9-43-67-59-37-33-57(34-38-59)63(55-29-21-51(22-30-55)50-19-13-49(45-65)14-20-50)53-25-15-47(16-26-53)11-12-48-17-27-54(28-18-48)64(58-35-39-60(40-36-58)68-44-10-8-6-4-2)56-31-23-52(24-32-56)62-42-41-61(46-66)69-62/h11-42,45-46H,3-10,43-44H2,1-2H3/b12-11+. The minimum Gasteiger partial charge on any atom is -0.494 e. The van der Waals surface area contributed by atoms with Gasteiger partial charge in [-0.3, -0.25) is 9.59 Å². The molecule has 8 aromatic rings. The Morgan fingerprint density at radius 3 is 1.12 bits per heavy atom. The molecule has 0 spiro atoms. The van der Waals surface area contributed by atoms with E-state index in [1.165, 1.54) is 49.9 Å². The summed E-state index contributed by atoms with van der Waals surface area (Å²) < 4.78 is 12.2. The molecular weight excluding hydrogens is 869 g/mol. The molecule has 7 aromatic carbocycles. The number of thiophene rings is 1. The number of nitrogens with zero attached hydrogens (tertiary/aromatic N) is 2. The lowest BCUT2D eigenvalue weighted by Gasteiger charge is -2.26. The van der Waals surface area contributed by atoms with Crippen LogP contribution in [0.15, 0.2) is 182 Å². The van der Waals surface area contributed by atoms with Crippen molar-refractivity contribution in [1.82, 2.24) is 0 Å². The quantitative estimate of drug-likeness (QED) is 0.0342. The van der Waals surface area contributed by atoms with Crippen molar-refractivity contribution in [2.24, 2.45) is 0 Å². The molecule has 1 heterocycles. The molecule has 1 aromatic heterocycles. The summed E-state index contributed by atoms with van der Waals surface area (Å²) in [4.78, 5) is 28.9. The van der Waals surface area contributed by atoms with E-state index in [2.05, 4.69) is 181 Å². The van der Waals surface area contributed by atoms with Crippen LogP contribution in [0.5, 0.6) is 11.5 Å². The first-order valence-corrected chi connectivity index (χ1v) is 25.1. The molecule has 8 rings (SSSR count). The predicted molar refractivity (Wildman–Crippen MR) is 290 cm³/mol. The molecule has 0 bridgehead atoms. The Hall–Kier alpha value is -7.48. The lowest BCUT2D eigenvalue weighted by Crippen LogP contribution is -2.10. The van der Waals surface area contributed by atoms with Gasteiger partial charge in [0.15, 0.2) is 6.29 Å². The third kappa shape index (κ3) is 12.9. The topological polar surface area (TPSA) is 59.1 Å². The highest BCUT2D eigenvalue weighted by Gasteiger charge is 2.16. The number of ether oxygens (including phenoxy) is 2. The van der Waals surface area contributed by atoms with Crippen LogP contribution in [0.1, 0.15) is 96.4 Å². The Morgan fingerprint density at radius 2 is 0.739 bits per heavy atom. The van der Waals surface area contributed by atoms with Gasteiger partial charge in [0, 0.05) is 44.6 Å². The zero-order chi connectivity index (χ0) is 47.6. The van der Waals surface area contributed by atoms with Crippen LogP contribution in [0, 0.1) is 0 Å². The number of unbranched alkanes of at least 4 members (excludes halogenated alkanes) is 6. The fraction of sp³-hybridized carbons (Fsp3) is 0.194. The molecule has 0 aliphatic carbocycles. The second-order valence-electron chi connectivity index (χ2n) is 17.1. The summed E-state index contributed by atoms with van der Waals surface area (Å²) in [6.45, 7) is 5.88. The molecule has 0 fully saturated rings. The Kier molecular flexibility index (Phi) is 17.1. The summed E-state index contributed by atoms with van der Waals surface area (Å²) in [5.41, 5.74) is 12.2. The highest BCUT2D eigenvalue weighted by Crippen LogP contribution is 2.39. The number of hydrogen-bond acceptors (Lipinski definition) is 7. The van der Waals surface area contributed by atoms with Gasteiger partial charge in [-0.1, -0.05) is 137 Å². The molecule has 0 aliphatic rings. The number of carbonyl (C=O) groups is 2. The maximum Gasteiger partial charge on any atom is 0.160 e. The van der Waals surface area contributed by atoms with Gasteiger partial charge in [-0.05, 0) is 150 Å². The van der Waals surface area contributed by atoms with Crippen LogP contribution in [-0.2, 0) is 0 Å². The summed E-state index contributed by atoms with van der Waals surface area (Å²) in [6.07, 6.45) is 15.4. The minimum atomic E-state index is 0.662. The summed E-state index contributed by atoms with van der Waals surface area (Å²) in [6, 6.07) is 62.6. The van der Waals surface area contributed by atoms with Crippen molar-refractivity contribution in [2.45, 2.75) is 65.2 Å². The van der Waals surface area contributed by atoms with Gasteiger partial charge in [-0.15, -0.1) is 11.3 Å². The molecular formula is C62H60N2O4S. The zero-order valence-electron chi connectivity index (χ0n) is 39.6. The average molecular weight is 929 g/mol. The molecule has 7 heteroatoms. The minimum absolute atomic E-state index is 0.662. The van der Waals surface area contributed by atoms with Gasteiger partial charge >= 0.3 is 0 Å². The number of carbonyl (C=O) groups excluding carboxylic acids is 2. The Labute approximate surface area is 412 Å². The van der Waals surface area contributed by atoms with Gasteiger partial charge < -0.3 is 19.3 Å². The van der Waals surface area contributed by atoms with Crippen molar-refractivity contribution in [2.75, 3.05) is 23.0 Å². The molecule has 0 aliphatic heterocycles. The van der Waals surface area contributed by atoms with Crippen LogP contribution in [0.3, 0.4) is 0 Å². The number of rotatable bonds is 24. The fourth-order valence-corrected chi connectivity index (χ4v) is 9.11. The molecule has 6 nitrogen and oxygen atoms in total. The van der Waals surface area contributed by atoms with E-state index < -0.39 is 0 Å². The van der Waals surface area contributed by atoms with E-state index in [0.29, 0.717) is 5.56 Å². The number of benzene rings is 7. The zero-order valence-corrected chi connectivity index (χ0v) is 40.5. The summed E-state index contributed by atoms with van der Waals surface area (Å²) in [5, 5.41) is 0. The van der Waals surface area contributed by atoms with Crippen LogP contribution in [0.25, 0.3) is 33.7 Å². The van der Waals surface area contributed by atoms with Gasteiger partial charge in [0.1, 0.15) is 17.8 Å². The maximum absolute atomic E-state index is 11.4. The lowest BCUT2D eigenvalue weighted by atomic mass is 10.0. The van der Waals surface area contributed by atoms with Gasteiger partial charge in [0.25, 0.3) is 0 Å². The first kappa shape index (κ1) is 48.0. The van der Waals surface area contributed by atoms with Crippen LogP contribution in [0.2, 0.25) is 0 Å². The average Bonchev–Trinajstić information content (AvgIpc) is 3.90. The van der Waals surface area contributed by atoms with Crippen molar-refractivity contribution in [3.05, 3.63) is 204 Å². The van der Waals surface area contributed by atoms with E-state index in [1.54, 1.807) is 0 Å². The fourth-order valence-electron chi connectivity index (χ4n) is 8.28. The van der Waals surface area contributed by atoms with Crippen molar-refractivity contribution in [3.8, 4) is 33.1 Å². The van der Waals surface area contributed by atoms with E-state index in [-0.39, 0.29) is 0 Å². The lowest BCUT2D eigenvalue weighted by molar-refractivity contribution is 0.111. The van der Waals surface area contributed by atoms with Gasteiger partial charge in [-0.2, -0.15) is 0 Å². The maximum atomic E-state index is 11.4. The summed E-state index contributed by atoms with van der Waals surface area (Å²) in [5.74, 6) is 1.74. The van der Waals surface area contributed by atoms with Gasteiger partial charge in [0.2, 0.25) is 0 Å². The first-order valence-electron chi connectivity index (χ1n) is 24.3. The molecule has 0 amide bonds. The van der Waals surface area contributed by atoms with Crippen LogP contribution >= 0.6 is 11.3 Å². The second kappa shape index (κ2) is 24.5. The molecule has 0 N–H and O–H groups in total. The number of anilines is 6. The smallest absolute Gasteiger partial charge is 0.160 e. The molecule has 69 heavy (non-hydrogen) atoms. The Bertz CT molecular complexity index is 2850. The first-order chi connectivity index (χ1) is 34.0.